The summed E-state index contributed by atoms with van der Waals surface area (Å²) in [6.07, 6.45) is 0. The van der Waals surface area contributed by atoms with Crippen molar-refractivity contribution in [1.82, 2.24) is 0 Å². The molecule has 11 unspecified atom stereocenters. The van der Waals surface area contributed by atoms with E-state index in [1.165, 1.54) is 0 Å². The Hall–Kier alpha value is 7.24. The van der Waals surface area contributed by atoms with Crippen LogP contribution in [0.25, 0.3) is 0 Å². The van der Waals surface area contributed by atoms with E-state index >= 15 is 0 Å². The van der Waals surface area contributed by atoms with Gasteiger partial charge >= 0.3 is 0 Å². The van der Waals surface area contributed by atoms with Crippen LogP contribution >= 0.6 is 140 Å². The SMILES string of the molecule is BPP(P)P(P(P)P)P(I)P(P(P)P)P(P)P. The van der Waals surface area contributed by atoms with Gasteiger partial charge in [0.05, 0.1) is 0 Å². The van der Waals surface area contributed by atoms with Crippen LogP contribution in [0.1, 0.15) is 0 Å². The van der Waals surface area contributed by atoms with Gasteiger partial charge in [0.25, 0.3) is 0 Å². The third-order valence-corrected chi connectivity index (χ3v) is 109. The summed E-state index contributed by atoms with van der Waals surface area (Å²) in [7, 11) is 25.4. The Morgan fingerprint density at radius 1 is 0.765 bits per heavy atom. The molecule has 0 rings (SSSR count). The lowest BCUT2D eigenvalue weighted by molar-refractivity contribution is 4.59. The van der Waals surface area contributed by atoms with Gasteiger partial charge < -0.3 is 0 Å². The molecule has 11 atom stereocenters. The first-order valence-corrected chi connectivity index (χ1v) is 34.0. The van der Waals surface area contributed by atoms with E-state index in [9.17, 15) is 0 Å². The third kappa shape index (κ3) is 9.49. The fourth-order valence-electron chi connectivity index (χ4n) is 0.727. The first kappa shape index (κ1) is 24.2. The summed E-state index contributed by atoms with van der Waals surface area (Å²) in [6, 6.07) is 0. The molecule has 0 aliphatic carbocycles. The average molecular weight is 619 g/mol. The smallest absolute Gasteiger partial charge is 0.130 e. The Labute approximate surface area is 145 Å². The highest BCUT2D eigenvalue weighted by atomic mass is 127. The van der Waals surface area contributed by atoms with Gasteiger partial charge in [0.15, 0.2) is 0 Å². The van der Waals surface area contributed by atoms with E-state index in [-0.39, 0.29) is 46.9 Å². The van der Waals surface area contributed by atoms with Gasteiger partial charge in [-0.25, -0.2) is 0 Å². The number of halogens is 1. The van der Waals surface area contributed by atoms with Crippen LogP contribution in [0, 0.1) is 0 Å². The fourth-order valence-corrected chi connectivity index (χ4v) is 208. The Bertz CT molecular complexity index is 193. The van der Waals surface area contributed by atoms with Crippen molar-refractivity contribution in [2.45, 2.75) is 0 Å². The largest absolute Gasteiger partial charge is 0.136 e. The molecule has 0 spiro atoms. The van der Waals surface area contributed by atoms with E-state index in [0.29, 0.717) is 0 Å². The highest BCUT2D eigenvalue weighted by Crippen LogP contribution is 3.23. The zero-order valence-electron chi connectivity index (χ0n) is 9.05. The molecule has 0 aromatic carbocycles. The van der Waals surface area contributed by atoms with Crippen molar-refractivity contribution < 1.29 is 0 Å². The zero-order valence-corrected chi connectivity index (χ0v) is 26.6. The van der Waals surface area contributed by atoms with E-state index < -0.39 is 0 Å². The summed E-state index contributed by atoms with van der Waals surface area (Å²) in [5.74, 6) is 0. The second-order valence-corrected chi connectivity index (χ2v) is 68.1. The van der Waals surface area contributed by atoms with Crippen molar-refractivity contribution in [3.63, 3.8) is 0 Å². The Kier molecular flexibility index (Phi) is 19.2. The molecule has 0 aliphatic rings. The normalized spacial score (nSPS) is 18.8. The molecule has 0 bridgehead atoms. The maximum atomic E-state index is 3.20. The van der Waals surface area contributed by atoms with E-state index in [4.69, 9.17) is 0 Å². The molecule has 0 saturated heterocycles. The second kappa shape index (κ2) is 13.4. The lowest BCUT2D eigenvalue weighted by Gasteiger charge is -2.38. The Balaban J connectivity index is 4.97. The van der Waals surface area contributed by atoms with Gasteiger partial charge in [0, 0.05) is 11.9 Å². The minimum Gasteiger partial charge on any atom is -0.130 e. The second-order valence-electron chi connectivity index (χ2n) is 2.49. The summed E-state index contributed by atoms with van der Waals surface area (Å²) < 4.78 is 0. The van der Waals surface area contributed by atoms with Crippen LogP contribution < -0.4 is 0 Å². The Morgan fingerprint density at radius 2 is 1.12 bits per heavy atom. The van der Waals surface area contributed by atoms with Crippen molar-refractivity contribution in [3.05, 3.63) is 0 Å². The van der Waals surface area contributed by atoms with Crippen LogP contribution in [0.15, 0.2) is 0 Å². The molecular formula is H17BIP15. The number of hydrogen-bond acceptors (Lipinski definition) is 0. The van der Waals surface area contributed by atoms with Gasteiger partial charge in [-0.2, -0.15) is 0 Å². The topological polar surface area (TPSA) is 0 Å². The molecule has 0 nitrogen and oxygen atoms in total. The average Bonchev–Trinajstić information content (AvgIpc) is 2.15. The summed E-state index contributed by atoms with van der Waals surface area (Å²) >= 11 is 2.85. The summed E-state index contributed by atoms with van der Waals surface area (Å²) in [5.41, 5.74) is 0. The minimum atomic E-state index is 0.0891. The molecule has 0 heterocycles. The summed E-state index contributed by atoms with van der Waals surface area (Å²) in [5, 5.41) is 0. The molecule has 0 fully saturated rings. The van der Waals surface area contributed by atoms with Crippen LogP contribution in [-0.2, 0) is 0 Å². The molecule has 17 heteroatoms. The molecule has 0 radical (unpaired) electrons. The van der Waals surface area contributed by atoms with Crippen LogP contribution in [0.4, 0.5) is 0 Å². The first-order chi connectivity index (χ1) is 7.73. The minimum absolute atomic E-state index is 0.0891. The van der Waals surface area contributed by atoms with Crippen LogP contribution in [0.5, 0.6) is 0 Å². The molecule has 0 aromatic rings. The Morgan fingerprint density at radius 3 is 1.35 bits per heavy atom. The van der Waals surface area contributed by atoms with Gasteiger partial charge in [-0.15, -0.1) is 70.6 Å². The van der Waals surface area contributed by atoms with Crippen molar-refractivity contribution >= 4 is 147 Å². The zero-order chi connectivity index (χ0) is 13.7. The van der Waals surface area contributed by atoms with Gasteiger partial charge in [0.1, 0.15) is 7.57 Å². The number of hydrogen-bond donors (Lipinski definition) is 0. The highest BCUT2D eigenvalue weighted by Gasteiger charge is 2.36. The van der Waals surface area contributed by atoms with Crippen molar-refractivity contribution in [1.29, 1.82) is 0 Å². The summed E-state index contributed by atoms with van der Waals surface area (Å²) in [6.45, 7) is 0.949. The van der Waals surface area contributed by atoms with Gasteiger partial charge in [-0.05, 0) is 57.0 Å². The maximum absolute atomic E-state index is 3.20. The van der Waals surface area contributed by atoms with Gasteiger partial charge in [-0.1, -0.05) is 0 Å². The molecule has 0 N–H and O–H groups in total. The lowest BCUT2D eigenvalue weighted by atomic mass is 10.8. The lowest BCUT2D eigenvalue weighted by Crippen LogP contribution is -1.52. The summed E-state index contributed by atoms with van der Waals surface area (Å²) in [4.78, 5) is 0.205. The maximum Gasteiger partial charge on any atom is 0.136 e. The third-order valence-electron chi connectivity index (χ3n) is 1.34. The van der Waals surface area contributed by atoms with Crippen LogP contribution in [-0.4, -0.2) is 7.57 Å². The molecule has 0 aromatic heterocycles. The molecular weight excluding hydrogens is 602 g/mol. The monoisotopic (exact) mass is 620 g/mol. The van der Waals surface area contributed by atoms with E-state index in [1.807, 2.05) is 0 Å². The van der Waals surface area contributed by atoms with E-state index in [0.717, 1.165) is 8.15 Å². The van der Waals surface area contributed by atoms with Crippen molar-refractivity contribution in [3.8, 4) is 0 Å². The molecule has 17 heavy (non-hydrogen) atoms. The predicted molar refractivity (Wildman–Crippen MR) is 147 cm³/mol. The quantitative estimate of drug-likeness (QED) is 0.152. The van der Waals surface area contributed by atoms with Crippen LogP contribution in [0.3, 0.4) is 0 Å². The van der Waals surface area contributed by atoms with Crippen molar-refractivity contribution in [2.24, 2.45) is 0 Å². The molecule has 0 amide bonds. The van der Waals surface area contributed by atoms with Gasteiger partial charge in [0.2, 0.25) is 0 Å². The fraction of sp³-hybridized carbons (Fsp3) is 0. The highest BCUT2D eigenvalue weighted by molar-refractivity contribution is 14.2. The molecule has 0 aliphatic heterocycles. The standard InChI is InChI=1S/BH17IP15/c1-10-15(9)17(14(7)8)11(2)16(12(3)4)13(5)6/h10H,1,3-9H2. The number of rotatable bonds is 7. The molecule has 102 valence electrons. The van der Waals surface area contributed by atoms with E-state index in [1.54, 1.807) is 0 Å². The first-order valence-electron chi connectivity index (χ1n) is 3.90. The predicted octanol–water partition coefficient (Wildman–Crippen LogP) is 8.87. The van der Waals surface area contributed by atoms with Crippen LogP contribution in [0.2, 0.25) is 0 Å². The van der Waals surface area contributed by atoms with E-state index in [2.05, 4.69) is 92.1 Å². The van der Waals surface area contributed by atoms with Crippen molar-refractivity contribution in [2.75, 3.05) is 0 Å². The van der Waals surface area contributed by atoms with Gasteiger partial charge in [-0.3, -0.25) is 0 Å². The molecule has 0 saturated carbocycles.